The van der Waals surface area contributed by atoms with Gasteiger partial charge in [-0.05, 0) is 37.1 Å². The highest BCUT2D eigenvalue weighted by Gasteiger charge is 2.24. The van der Waals surface area contributed by atoms with Crippen LogP contribution < -0.4 is 0 Å². The van der Waals surface area contributed by atoms with Crippen LogP contribution in [-0.4, -0.2) is 52.5 Å². The number of hydrogen-bond donors (Lipinski definition) is 0. The van der Waals surface area contributed by atoms with Gasteiger partial charge in [-0.3, -0.25) is 9.59 Å². The fourth-order valence-electron chi connectivity index (χ4n) is 3.77. The van der Waals surface area contributed by atoms with Gasteiger partial charge in [0.15, 0.2) is 0 Å². The third kappa shape index (κ3) is 7.05. The van der Waals surface area contributed by atoms with E-state index in [9.17, 15) is 9.59 Å². The maximum absolute atomic E-state index is 13.4. The molecule has 3 aromatic rings. The molecule has 0 fully saturated rings. The van der Waals surface area contributed by atoms with Crippen LogP contribution in [-0.2, 0) is 34.0 Å². The molecular weight excluding hydrogens is 414 g/mol. The Morgan fingerprint density at radius 3 is 2.09 bits per heavy atom. The van der Waals surface area contributed by atoms with Gasteiger partial charge in [0, 0.05) is 38.1 Å². The van der Waals surface area contributed by atoms with Crippen LogP contribution in [0.25, 0.3) is 0 Å². The molecule has 2 amide bonds. The molecule has 0 aliphatic heterocycles. The quantitative estimate of drug-likeness (QED) is 0.447. The zero-order valence-corrected chi connectivity index (χ0v) is 19.7. The van der Waals surface area contributed by atoms with Crippen molar-refractivity contribution in [1.82, 2.24) is 14.4 Å². The van der Waals surface area contributed by atoms with E-state index in [1.807, 2.05) is 85.6 Å². The summed E-state index contributed by atoms with van der Waals surface area (Å²) in [7, 11) is 1.49. The van der Waals surface area contributed by atoms with Crippen LogP contribution >= 0.6 is 0 Å². The standard InChI is InChI=1S/C27H33N3O3/c1-22(2)30(27(32)21-33-3)20-26(31)29(18-24-13-8-5-9-14-24)19-25-15-10-16-28(25)17-23-11-6-4-7-12-23/h4-16,22H,17-21H2,1-3H3. The minimum Gasteiger partial charge on any atom is -0.375 e. The summed E-state index contributed by atoms with van der Waals surface area (Å²) in [5, 5.41) is 0. The Morgan fingerprint density at radius 2 is 1.48 bits per heavy atom. The molecule has 174 valence electrons. The van der Waals surface area contributed by atoms with Gasteiger partial charge in [0.05, 0.1) is 6.54 Å². The first kappa shape index (κ1) is 24.3. The summed E-state index contributed by atoms with van der Waals surface area (Å²) < 4.78 is 7.17. The molecule has 0 saturated carbocycles. The molecule has 0 unspecified atom stereocenters. The monoisotopic (exact) mass is 447 g/mol. The van der Waals surface area contributed by atoms with E-state index < -0.39 is 0 Å². The zero-order chi connectivity index (χ0) is 23.6. The number of methoxy groups -OCH3 is 1. The van der Waals surface area contributed by atoms with Gasteiger partial charge >= 0.3 is 0 Å². The van der Waals surface area contributed by atoms with Gasteiger partial charge in [-0.1, -0.05) is 60.7 Å². The molecule has 3 rings (SSSR count). The number of carbonyl (C=O) groups excluding carboxylic acids is 2. The predicted octanol–water partition coefficient (Wildman–Crippen LogP) is 3.95. The molecule has 0 spiro atoms. The molecule has 1 heterocycles. The number of aromatic nitrogens is 1. The van der Waals surface area contributed by atoms with E-state index in [-0.39, 0.29) is 31.0 Å². The predicted molar refractivity (Wildman–Crippen MR) is 129 cm³/mol. The average molecular weight is 448 g/mol. The molecule has 2 aromatic carbocycles. The van der Waals surface area contributed by atoms with E-state index in [1.54, 1.807) is 4.90 Å². The first-order chi connectivity index (χ1) is 16.0. The zero-order valence-electron chi connectivity index (χ0n) is 19.7. The highest BCUT2D eigenvalue weighted by atomic mass is 16.5. The van der Waals surface area contributed by atoms with Crippen molar-refractivity contribution in [3.63, 3.8) is 0 Å². The lowest BCUT2D eigenvalue weighted by Gasteiger charge is -2.30. The number of amides is 2. The summed E-state index contributed by atoms with van der Waals surface area (Å²) >= 11 is 0. The molecule has 0 bridgehead atoms. The fourth-order valence-corrected chi connectivity index (χ4v) is 3.77. The normalized spacial score (nSPS) is 10.9. The van der Waals surface area contributed by atoms with Gasteiger partial charge in [0.25, 0.3) is 0 Å². The van der Waals surface area contributed by atoms with Gasteiger partial charge in [-0.25, -0.2) is 0 Å². The second kappa shape index (κ2) is 12.0. The Labute approximate surface area is 196 Å². The maximum atomic E-state index is 13.4. The highest BCUT2D eigenvalue weighted by Crippen LogP contribution is 2.15. The summed E-state index contributed by atoms with van der Waals surface area (Å²) in [5.41, 5.74) is 3.29. The smallest absolute Gasteiger partial charge is 0.249 e. The van der Waals surface area contributed by atoms with Crippen molar-refractivity contribution in [1.29, 1.82) is 0 Å². The lowest BCUT2D eigenvalue weighted by atomic mass is 10.2. The summed E-state index contributed by atoms with van der Waals surface area (Å²) in [6.07, 6.45) is 2.04. The Hall–Kier alpha value is -3.38. The SMILES string of the molecule is COCC(=O)N(CC(=O)N(Cc1ccccc1)Cc1cccn1Cc1ccccc1)C(C)C. The number of carbonyl (C=O) groups is 2. The molecule has 33 heavy (non-hydrogen) atoms. The summed E-state index contributed by atoms with van der Waals surface area (Å²) in [6, 6.07) is 24.1. The number of hydrogen-bond acceptors (Lipinski definition) is 3. The van der Waals surface area contributed by atoms with Crippen molar-refractivity contribution in [2.75, 3.05) is 20.3 Å². The number of benzene rings is 2. The molecule has 6 nitrogen and oxygen atoms in total. The molecule has 0 radical (unpaired) electrons. The van der Waals surface area contributed by atoms with Crippen molar-refractivity contribution in [3.8, 4) is 0 Å². The number of ether oxygens (including phenoxy) is 1. The van der Waals surface area contributed by atoms with Crippen LogP contribution in [0.3, 0.4) is 0 Å². The fraction of sp³-hybridized carbons (Fsp3) is 0.333. The van der Waals surface area contributed by atoms with E-state index >= 15 is 0 Å². The van der Waals surface area contributed by atoms with Gasteiger partial charge in [0.2, 0.25) is 11.8 Å². The lowest BCUT2D eigenvalue weighted by molar-refractivity contribution is -0.144. The number of rotatable bonds is 11. The van der Waals surface area contributed by atoms with Crippen LogP contribution in [0.5, 0.6) is 0 Å². The first-order valence-electron chi connectivity index (χ1n) is 11.3. The Morgan fingerprint density at radius 1 is 0.848 bits per heavy atom. The minimum absolute atomic E-state index is 0.0199. The summed E-state index contributed by atoms with van der Waals surface area (Å²) in [5.74, 6) is -0.280. The van der Waals surface area contributed by atoms with Crippen LogP contribution in [0, 0.1) is 0 Å². The van der Waals surface area contributed by atoms with Crippen LogP contribution in [0.1, 0.15) is 30.7 Å². The van der Waals surface area contributed by atoms with E-state index in [0.717, 1.165) is 17.8 Å². The maximum Gasteiger partial charge on any atom is 0.249 e. The van der Waals surface area contributed by atoms with Crippen molar-refractivity contribution in [2.24, 2.45) is 0 Å². The van der Waals surface area contributed by atoms with Gasteiger partial charge in [-0.15, -0.1) is 0 Å². The molecule has 0 aliphatic rings. The summed E-state index contributed by atoms with van der Waals surface area (Å²) in [6.45, 7) is 5.47. The van der Waals surface area contributed by atoms with E-state index in [0.29, 0.717) is 13.1 Å². The third-order valence-electron chi connectivity index (χ3n) is 5.56. The van der Waals surface area contributed by atoms with Crippen molar-refractivity contribution >= 4 is 11.8 Å². The van der Waals surface area contributed by atoms with E-state index in [1.165, 1.54) is 12.7 Å². The van der Waals surface area contributed by atoms with Crippen LogP contribution in [0.15, 0.2) is 79.0 Å². The average Bonchev–Trinajstić information content (AvgIpc) is 3.24. The van der Waals surface area contributed by atoms with Crippen molar-refractivity contribution in [2.45, 2.75) is 39.5 Å². The lowest BCUT2D eigenvalue weighted by Crippen LogP contribution is -2.46. The third-order valence-corrected chi connectivity index (χ3v) is 5.56. The van der Waals surface area contributed by atoms with Crippen molar-refractivity contribution in [3.05, 3.63) is 95.8 Å². The number of nitrogens with zero attached hydrogens (tertiary/aromatic N) is 3. The molecule has 1 aromatic heterocycles. The van der Waals surface area contributed by atoms with Gasteiger partial charge in [-0.2, -0.15) is 0 Å². The second-order valence-electron chi connectivity index (χ2n) is 8.40. The molecule has 0 N–H and O–H groups in total. The highest BCUT2D eigenvalue weighted by molar-refractivity contribution is 5.85. The van der Waals surface area contributed by atoms with Gasteiger partial charge in [0.1, 0.15) is 13.2 Å². The molecule has 0 aliphatic carbocycles. The Balaban J connectivity index is 1.81. The first-order valence-corrected chi connectivity index (χ1v) is 11.3. The molecule has 0 saturated heterocycles. The van der Waals surface area contributed by atoms with E-state index in [2.05, 4.69) is 16.7 Å². The van der Waals surface area contributed by atoms with E-state index in [4.69, 9.17) is 4.74 Å². The Bertz CT molecular complexity index is 1020. The minimum atomic E-state index is -0.187. The largest absolute Gasteiger partial charge is 0.375 e. The topological polar surface area (TPSA) is 54.8 Å². The van der Waals surface area contributed by atoms with Crippen LogP contribution in [0.2, 0.25) is 0 Å². The molecule has 0 atom stereocenters. The Kier molecular flexibility index (Phi) is 8.84. The summed E-state index contributed by atoms with van der Waals surface area (Å²) in [4.78, 5) is 29.3. The van der Waals surface area contributed by atoms with Crippen LogP contribution in [0.4, 0.5) is 0 Å². The van der Waals surface area contributed by atoms with Crippen molar-refractivity contribution < 1.29 is 14.3 Å². The molecule has 6 heteroatoms. The second-order valence-corrected chi connectivity index (χ2v) is 8.40. The van der Waals surface area contributed by atoms with Gasteiger partial charge < -0.3 is 19.1 Å². The molecular formula is C27H33N3O3.